The Kier molecular flexibility index (Phi) is 4.19. The van der Waals surface area contributed by atoms with E-state index >= 15 is 0 Å². The first-order chi connectivity index (χ1) is 9.10. The minimum absolute atomic E-state index is 0.0171. The summed E-state index contributed by atoms with van der Waals surface area (Å²) in [6.45, 7) is 9.52. The zero-order chi connectivity index (χ0) is 13.8. The molecule has 1 aliphatic heterocycles. The first-order valence-electron chi connectivity index (χ1n) is 6.70. The maximum Gasteiger partial charge on any atom is 0.317 e. The molecule has 2 amide bonds. The normalized spacial score (nSPS) is 15.5. The number of aromatic nitrogens is 2. The molecule has 0 unspecified atom stereocenters. The van der Waals surface area contributed by atoms with Gasteiger partial charge in [0.05, 0.1) is 0 Å². The number of piperazine rings is 1. The summed E-state index contributed by atoms with van der Waals surface area (Å²) >= 11 is 0. The SMILES string of the molecule is CCNC(=O)N1CCN(c2nc(C)cc(C)n2)CC1. The number of urea groups is 1. The second kappa shape index (κ2) is 5.86. The molecule has 1 aromatic heterocycles. The number of nitrogens with one attached hydrogen (secondary N) is 1. The molecule has 1 aromatic rings. The van der Waals surface area contributed by atoms with Crippen LogP contribution in [0.1, 0.15) is 18.3 Å². The lowest BCUT2D eigenvalue weighted by Crippen LogP contribution is -2.52. The van der Waals surface area contributed by atoms with E-state index in [2.05, 4.69) is 20.2 Å². The Morgan fingerprint density at radius 2 is 1.79 bits per heavy atom. The van der Waals surface area contributed by atoms with Crippen LogP contribution in [0.4, 0.5) is 10.7 Å². The van der Waals surface area contributed by atoms with E-state index in [0.717, 1.165) is 30.4 Å². The summed E-state index contributed by atoms with van der Waals surface area (Å²) in [7, 11) is 0. The monoisotopic (exact) mass is 263 g/mol. The third kappa shape index (κ3) is 3.33. The van der Waals surface area contributed by atoms with Crippen LogP contribution in [0.5, 0.6) is 0 Å². The molecule has 0 bridgehead atoms. The van der Waals surface area contributed by atoms with Crippen LogP contribution in [0.3, 0.4) is 0 Å². The molecule has 0 saturated carbocycles. The number of hydrogen-bond donors (Lipinski definition) is 1. The fourth-order valence-corrected chi connectivity index (χ4v) is 2.22. The topological polar surface area (TPSA) is 61.4 Å². The van der Waals surface area contributed by atoms with Gasteiger partial charge in [0.15, 0.2) is 0 Å². The fraction of sp³-hybridized carbons (Fsp3) is 0.615. The molecule has 1 fully saturated rings. The molecular weight excluding hydrogens is 242 g/mol. The van der Waals surface area contributed by atoms with E-state index in [1.54, 1.807) is 0 Å². The van der Waals surface area contributed by atoms with Crippen molar-refractivity contribution in [3.05, 3.63) is 17.5 Å². The summed E-state index contributed by atoms with van der Waals surface area (Å²) < 4.78 is 0. The smallest absolute Gasteiger partial charge is 0.317 e. The summed E-state index contributed by atoms with van der Waals surface area (Å²) in [5, 5.41) is 2.83. The average molecular weight is 263 g/mol. The molecule has 0 radical (unpaired) electrons. The van der Waals surface area contributed by atoms with Gasteiger partial charge < -0.3 is 15.1 Å². The average Bonchev–Trinajstić information content (AvgIpc) is 2.38. The molecule has 19 heavy (non-hydrogen) atoms. The van der Waals surface area contributed by atoms with Crippen molar-refractivity contribution in [3.8, 4) is 0 Å². The molecule has 6 heteroatoms. The Balaban J connectivity index is 1.97. The molecule has 1 aliphatic rings. The zero-order valence-electron chi connectivity index (χ0n) is 11.8. The van der Waals surface area contributed by atoms with Gasteiger partial charge in [0.2, 0.25) is 5.95 Å². The summed E-state index contributed by atoms with van der Waals surface area (Å²) in [5.74, 6) is 0.771. The molecule has 0 atom stereocenters. The first kappa shape index (κ1) is 13.6. The standard InChI is InChI=1S/C13H21N5O/c1-4-14-13(19)18-7-5-17(6-8-18)12-15-10(2)9-11(3)16-12/h9H,4-8H2,1-3H3,(H,14,19). The number of hydrogen-bond acceptors (Lipinski definition) is 4. The predicted octanol–water partition coefficient (Wildman–Crippen LogP) is 0.945. The van der Waals surface area contributed by atoms with E-state index in [9.17, 15) is 4.79 Å². The van der Waals surface area contributed by atoms with Crippen LogP contribution in [0.2, 0.25) is 0 Å². The Morgan fingerprint density at radius 1 is 1.21 bits per heavy atom. The highest BCUT2D eigenvalue weighted by atomic mass is 16.2. The zero-order valence-corrected chi connectivity index (χ0v) is 11.8. The van der Waals surface area contributed by atoms with Gasteiger partial charge in [-0.25, -0.2) is 14.8 Å². The van der Waals surface area contributed by atoms with Crippen molar-refractivity contribution >= 4 is 12.0 Å². The molecular formula is C13H21N5O. The summed E-state index contributed by atoms with van der Waals surface area (Å²) in [6, 6.07) is 1.98. The number of carbonyl (C=O) groups is 1. The van der Waals surface area contributed by atoms with Gasteiger partial charge in [-0.1, -0.05) is 0 Å². The number of amides is 2. The summed E-state index contributed by atoms with van der Waals surface area (Å²) in [6.07, 6.45) is 0. The van der Waals surface area contributed by atoms with E-state index in [1.165, 1.54) is 0 Å². The van der Waals surface area contributed by atoms with Gasteiger partial charge in [0, 0.05) is 44.1 Å². The number of nitrogens with zero attached hydrogens (tertiary/aromatic N) is 4. The molecule has 1 saturated heterocycles. The van der Waals surface area contributed by atoms with Gasteiger partial charge >= 0.3 is 6.03 Å². The van der Waals surface area contributed by atoms with Crippen LogP contribution in [-0.4, -0.2) is 53.6 Å². The molecule has 104 valence electrons. The van der Waals surface area contributed by atoms with E-state index in [-0.39, 0.29) is 6.03 Å². The van der Waals surface area contributed by atoms with Crippen LogP contribution in [-0.2, 0) is 0 Å². The van der Waals surface area contributed by atoms with Gasteiger partial charge in [-0.15, -0.1) is 0 Å². The maximum absolute atomic E-state index is 11.7. The van der Waals surface area contributed by atoms with Crippen LogP contribution >= 0.6 is 0 Å². The Bertz CT molecular complexity index is 434. The number of carbonyl (C=O) groups excluding carboxylic acids is 1. The first-order valence-corrected chi connectivity index (χ1v) is 6.70. The Hall–Kier alpha value is -1.85. The molecule has 0 spiro atoms. The Morgan fingerprint density at radius 3 is 2.32 bits per heavy atom. The third-order valence-corrected chi connectivity index (χ3v) is 3.15. The van der Waals surface area contributed by atoms with Crippen molar-refractivity contribution in [1.29, 1.82) is 0 Å². The van der Waals surface area contributed by atoms with E-state index in [1.807, 2.05) is 31.7 Å². The van der Waals surface area contributed by atoms with E-state index in [4.69, 9.17) is 0 Å². The lowest BCUT2D eigenvalue weighted by Gasteiger charge is -2.34. The minimum Gasteiger partial charge on any atom is -0.338 e. The number of anilines is 1. The highest BCUT2D eigenvalue weighted by Gasteiger charge is 2.22. The lowest BCUT2D eigenvalue weighted by molar-refractivity contribution is 0.194. The molecule has 2 heterocycles. The molecule has 1 N–H and O–H groups in total. The molecule has 0 aliphatic carbocycles. The van der Waals surface area contributed by atoms with Crippen molar-refractivity contribution in [2.45, 2.75) is 20.8 Å². The fourth-order valence-electron chi connectivity index (χ4n) is 2.22. The quantitative estimate of drug-likeness (QED) is 0.863. The second-order valence-corrected chi connectivity index (χ2v) is 4.76. The summed E-state index contributed by atoms with van der Waals surface area (Å²) in [5.41, 5.74) is 1.96. The van der Waals surface area contributed by atoms with E-state index in [0.29, 0.717) is 19.6 Å². The van der Waals surface area contributed by atoms with Gasteiger partial charge in [-0.2, -0.15) is 0 Å². The molecule has 0 aromatic carbocycles. The van der Waals surface area contributed by atoms with Gasteiger partial charge in [0.25, 0.3) is 0 Å². The highest BCUT2D eigenvalue weighted by molar-refractivity contribution is 5.74. The van der Waals surface area contributed by atoms with Crippen LogP contribution in [0, 0.1) is 13.8 Å². The van der Waals surface area contributed by atoms with Crippen molar-refractivity contribution < 1.29 is 4.79 Å². The second-order valence-electron chi connectivity index (χ2n) is 4.76. The van der Waals surface area contributed by atoms with Crippen LogP contribution in [0.15, 0.2) is 6.07 Å². The lowest BCUT2D eigenvalue weighted by atomic mass is 10.3. The van der Waals surface area contributed by atoms with Gasteiger partial charge in [0.1, 0.15) is 0 Å². The van der Waals surface area contributed by atoms with E-state index < -0.39 is 0 Å². The predicted molar refractivity (Wildman–Crippen MR) is 74.4 cm³/mol. The maximum atomic E-state index is 11.7. The van der Waals surface area contributed by atoms with Crippen molar-refractivity contribution in [1.82, 2.24) is 20.2 Å². The summed E-state index contributed by atoms with van der Waals surface area (Å²) in [4.78, 5) is 24.6. The Labute approximate surface area is 113 Å². The van der Waals surface area contributed by atoms with Gasteiger partial charge in [-0.3, -0.25) is 0 Å². The molecule has 2 rings (SSSR count). The van der Waals surface area contributed by atoms with Crippen molar-refractivity contribution in [2.24, 2.45) is 0 Å². The van der Waals surface area contributed by atoms with Crippen molar-refractivity contribution in [3.63, 3.8) is 0 Å². The van der Waals surface area contributed by atoms with Gasteiger partial charge in [-0.05, 0) is 26.8 Å². The molecule has 6 nitrogen and oxygen atoms in total. The van der Waals surface area contributed by atoms with Crippen LogP contribution in [0.25, 0.3) is 0 Å². The van der Waals surface area contributed by atoms with Crippen molar-refractivity contribution in [2.75, 3.05) is 37.6 Å². The number of rotatable bonds is 2. The third-order valence-electron chi connectivity index (χ3n) is 3.15. The minimum atomic E-state index is 0.0171. The number of aryl methyl sites for hydroxylation is 2. The van der Waals surface area contributed by atoms with Crippen LogP contribution < -0.4 is 10.2 Å². The largest absolute Gasteiger partial charge is 0.338 e. The highest BCUT2D eigenvalue weighted by Crippen LogP contribution is 2.12.